The summed E-state index contributed by atoms with van der Waals surface area (Å²) in [6, 6.07) is 16.0. The zero-order valence-corrected chi connectivity index (χ0v) is 21.7. The Hall–Kier alpha value is -4.60. The molecule has 0 aliphatic carbocycles. The van der Waals surface area contributed by atoms with Crippen molar-refractivity contribution in [2.75, 3.05) is 41.0 Å². The average molecular weight is 516 g/mol. The van der Waals surface area contributed by atoms with Crippen LogP contribution in [0.3, 0.4) is 0 Å². The molecule has 1 fully saturated rings. The lowest BCUT2D eigenvalue weighted by atomic mass is 10.1. The number of methoxy groups -OCH3 is 3. The molecule has 0 unspecified atom stereocenters. The molecule has 1 aliphatic rings. The van der Waals surface area contributed by atoms with E-state index in [1.165, 1.54) is 0 Å². The number of carbonyl (C=O) groups is 2. The first-order chi connectivity index (χ1) is 18.4. The number of hydrogen-bond acceptors (Lipinski definition) is 7. The van der Waals surface area contributed by atoms with Crippen molar-refractivity contribution in [3.05, 3.63) is 72.1 Å². The Kier molecular flexibility index (Phi) is 6.87. The van der Waals surface area contributed by atoms with Crippen LogP contribution in [0.4, 0.5) is 0 Å². The van der Waals surface area contributed by atoms with E-state index in [2.05, 4.69) is 10.1 Å². The molecule has 10 nitrogen and oxygen atoms in total. The van der Waals surface area contributed by atoms with E-state index in [-0.39, 0.29) is 17.9 Å². The number of hydrogen-bond donors (Lipinski definition) is 0. The van der Waals surface area contributed by atoms with E-state index >= 15 is 0 Å². The molecular weight excluding hydrogens is 486 g/mol. The monoisotopic (exact) mass is 515 g/mol. The van der Waals surface area contributed by atoms with Crippen LogP contribution >= 0.6 is 0 Å². The van der Waals surface area contributed by atoms with E-state index < -0.39 is 0 Å². The van der Waals surface area contributed by atoms with Gasteiger partial charge in [-0.05, 0) is 49.4 Å². The Morgan fingerprint density at radius 3 is 2.45 bits per heavy atom. The van der Waals surface area contributed by atoms with Crippen LogP contribution in [0.2, 0.25) is 0 Å². The number of rotatable bonds is 6. The molecule has 4 aromatic rings. The zero-order valence-electron chi connectivity index (χ0n) is 21.7. The summed E-state index contributed by atoms with van der Waals surface area (Å²) >= 11 is 0. The van der Waals surface area contributed by atoms with Crippen LogP contribution in [0, 0.1) is 0 Å². The van der Waals surface area contributed by atoms with Crippen molar-refractivity contribution >= 4 is 17.5 Å². The van der Waals surface area contributed by atoms with Crippen molar-refractivity contribution in [2.45, 2.75) is 13.0 Å². The second-order valence-corrected chi connectivity index (χ2v) is 9.03. The Bertz CT molecular complexity index is 1500. The summed E-state index contributed by atoms with van der Waals surface area (Å²) in [6.07, 6.45) is 1.68. The molecule has 1 atom stereocenters. The Balaban J connectivity index is 1.36. The number of ether oxygens (including phenoxy) is 3. The van der Waals surface area contributed by atoms with Crippen LogP contribution in [-0.2, 0) is 0 Å². The van der Waals surface area contributed by atoms with Crippen LogP contribution < -0.4 is 14.2 Å². The number of nitrogens with zero attached hydrogens (tertiary/aromatic N) is 5. The lowest BCUT2D eigenvalue weighted by Crippen LogP contribution is -2.55. The lowest BCUT2D eigenvalue weighted by molar-refractivity contribution is 0.0411. The molecule has 2 aromatic carbocycles. The van der Waals surface area contributed by atoms with Crippen LogP contribution in [0.5, 0.6) is 17.2 Å². The van der Waals surface area contributed by atoms with E-state index in [4.69, 9.17) is 14.2 Å². The summed E-state index contributed by atoms with van der Waals surface area (Å²) in [5, 5.41) is 4.60. The molecule has 38 heavy (non-hydrogen) atoms. The third-order valence-corrected chi connectivity index (χ3v) is 6.75. The van der Waals surface area contributed by atoms with Gasteiger partial charge in [-0.15, -0.1) is 0 Å². The molecule has 0 N–H and O–H groups in total. The third kappa shape index (κ3) is 4.60. The first-order valence-electron chi connectivity index (χ1n) is 12.2. The molecule has 0 spiro atoms. The molecule has 196 valence electrons. The van der Waals surface area contributed by atoms with Crippen LogP contribution in [0.25, 0.3) is 16.9 Å². The van der Waals surface area contributed by atoms with Crippen molar-refractivity contribution in [2.24, 2.45) is 0 Å². The molecule has 1 aliphatic heterocycles. The summed E-state index contributed by atoms with van der Waals surface area (Å²) in [7, 11) is 4.74. The molecular formula is C28H29N5O5. The Labute approximate surface area is 220 Å². The predicted molar refractivity (Wildman–Crippen MR) is 141 cm³/mol. The molecule has 1 saturated heterocycles. The van der Waals surface area contributed by atoms with Gasteiger partial charge in [0.05, 0.1) is 27.0 Å². The van der Waals surface area contributed by atoms with Crippen molar-refractivity contribution < 1.29 is 23.8 Å². The van der Waals surface area contributed by atoms with Gasteiger partial charge >= 0.3 is 0 Å². The van der Waals surface area contributed by atoms with E-state index in [0.717, 1.165) is 11.3 Å². The summed E-state index contributed by atoms with van der Waals surface area (Å²) < 4.78 is 17.7. The third-order valence-electron chi connectivity index (χ3n) is 6.75. The number of carbonyl (C=O) groups excluding carboxylic acids is 2. The SMILES string of the molecule is COc1cccc(C(=O)N2CCN(C(=O)c3cc4nccc(-c5ccc(OC)c(OC)c5)n4n3)C[C@@H]2C)c1. The number of benzene rings is 2. The van der Waals surface area contributed by atoms with Crippen LogP contribution in [-0.4, -0.2) is 83.2 Å². The normalized spacial score (nSPS) is 15.4. The van der Waals surface area contributed by atoms with E-state index in [1.807, 2.05) is 31.2 Å². The largest absolute Gasteiger partial charge is 0.497 e. The van der Waals surface area contributed by atoms with Gasteiger partial charge in [-0.1, -0.05) is 6.07 Å². The van der Waals surface area contributed by atoms with Crippen molar-refractivity contribution in [1.29, 1.82) is 0 Å². The fourth-order valence-corrected chi connectivity index (χ4v) is 4.74. The van der Waals surface area contributed by atoms with Gasteiger partial charge in [0.25, 0.3) is 11.8 Å². The lowest BCUT2D eigenvalue weighted by Gasteiger charge is -2.39. The van der Waals surface area contributed by atoms with Gasteiger partial charge in [0.2, 0.25) is 0 Å². The molecule has 0 radical (unpaired) electrons. The maximum absolute atomic E-state index is 13.4. The maximum Gasteiger partial charge on any atom is 0.274 e. The highest BCUT2D eigenvalue weighted by atomic mass is 16.5. The number of amides is 2. The minimum absolute atomic E-state index is 0.0833. The Morgan fingerprint density at radius 2 is 1.71 bits per heavy atom. The van der Waals surface area contributed by atoms with Gasteiger partial charge in [0.1, 0.15) is 5.75 Å². The highest BCUT2D eigenvalue weighted by Crippen LogP contribution is 2.32. The van der Waals surface area contributed by atoms with Crippen molar-refractivity contribution in [1.82, 2.24) is 24.4 Å². The highest BCUT2D eigenvalue weighted by molar-refractivity contribution is 5.96. The number of piperazine rings is 1. The fourth-order valence-electron chi connectivity index (χ4n) is 4.74. The summed E-state index contributed by atoms with van der Waals surface area (Å²) in [5.74, 6) is 1.56. The summed E-state index contributed by atoms with van der Waals surface area (Å²) in [6.45, 7) is 3.17. The second kappa shape index (κ2) is 10.4. The number of fused-ring (bicyclic) bond motifs is 1. The van der Waals surface area contributed by atoms with E-state index in [0.29, 0.717) is 53.8 Å². The highest BCUT2D eigenvalue weighted by Gasteiger charge is 2.32. The maximum atomic E-state index is 13.4. The van der Waals surface area contributed by atoms with Crippen molar-refractivity contribution in [3.8, 4) is 28.5 Å². The van der Waals surface area contributed by atoms with Gasteiger partial charge in [0.15, 0.2) is 22.8 Å². The van der Waals surface area contributed by atoms with E-state index in [9.17, 15) is 9.59 Å². The average Bonchev–Trinajstić information content (AvgIpc) is 3.40. The predicted octanol–water partition coefficient (Wildman–Crippen LogP) is 3.41. The smallest absolute Gasteiger partial charge is 0.274 e. The standard InChI is InChI=1S/C28H29N5O5/c1-18-17-31(12-13-32(18)27(34)20-6-5-7-21(14-20)36-2)28(35)22-16-26-29-11-10-23(33(26)30-22)19-8-9-24(37-3)25(15-19)38-4/h5-11,14-16,18H,12-13,17H2,1-4H3/t18-/m0/s1. The molecule has 0 bridgehead atoms. The minimum Gasteiger partial charge on any atom is -0.497 e. The quantitative estimate of drug-likeness (QED) is 0.388. The molecule has 10 heteroatoms. The zero-order chi connectivity index (χ0) is 26.8. The second-order valence-electron chi connectivity index (χ2n) is 9.03. The number of aromatic nitrogens is 3. The summed E-state index contributed by atoms with van der Waals surface area (Å²) in [5.41, 5.74) is 3.02. The Morgan fingerprint density at radius 1 is 0.895 bits per heavy atom. The van der Waals surface area contributed by atoms with Crippen LogP contribution in [0.1, 0.15) is 27.8 Å². The molecule has 2 amide bonds. The summed E-state index contributed by atoms with van der Waals surface area (Å²) in [4.78, 5) is 34.5. The molecule has 2 aromatic heterocycles. The fraction of sp³-hybridized carbons (Fsp3) is 0.286. The molecule has 0 saturated carbocycles. The first kappa shape index (κ1) is 25.1. The van der Waals surface area contributed by atoms with Crippen molar-refractivity contribution in [3.63, 3.8) is 0 Å². The van der Waals surface area contributed by atoms with Gasteiger partial charge in [-0.2, -0.15) is 5.10 Å². The van der Waals surface area contributed by atoms with Gasteiger partial charge in [0, 0.05) is 49.1 Å². The molecule has 3 heterocycles. The van der Waals surface area contributed by atoms with Gasteiger partial charge in [-0.3, -0.25) is 9.59 Å². The topological polar surface area (TPSA) is 98.5 Å². The van der Waals surface area contributed by atoms with E-state index in [1.54, 1.807) is 72.2 Å². The van der Waals surface area contributed by atoms with Gasteiger partial charge in [-0.25, -0.2) is 9.50 Å². The first-order valence-corrected chi connectivity index (χ1v) is 12.2. The van der Waals surface area contributed by atoms with Gasteiger partial charge < -0.3 is 24.0 Å². The minimum atomic E-state index is -0.200. The molecule has 5 rings (SSSR count). The van der Waals surface area contributed by atoms with Crippen LogP contribution in [0.15, 0.2) is 60.8 Å².